The molecule has 34 heavy (non-hydrogen) atoms. The second-order valence-electron chi connectivity index (χ2n) is 9.10. The molecule has 0 radical (unpaired) electrons. The van der Waals surface area contributed by atoms with Crippen molar-refractivity contribution in [1.82, 2.24) is 14.7 Å². The molecule has 2 amide bonds. The van der Waals surface area contributed by atoms with Crippen molar-refractivity contribution in [3.05, 3.63) is 23.8 Å². The van der Waals surface area contributed by atoms with E-state index in [0.717, 1.165) is 0 Å². The maximum atomic E-state index is 13.3. The van der Waals surface area contributed by atoms with Gasteiger partial charge in [-0.25, -0.2) is 8.42 Å². The fraction of sp³-hybridized carbons (Fsp3) is 0.652. The lowest BCUT2D eigenvalue weighted by Gasteiger charge is -2.36. The molecule has 10 nitrogen and oxygen atoms in total. The highest BCUT2D eigenvalue weighted by Crippen LogP contribution is 2.27. The van der Waals surface area contributed by atoms with Crippen LogP contribution in [0.1, 0.15) is 31.1 Å². The van der Waals surface area contributed by atoms with Gasteiger partial charge in [0.1, 0.15) is 12.4 Å². The normalized spacial score (nSPS) is 22.5. The van der Waals surface area contributed by atoms with Crippen molar-refractivity contribution < 1.29 is 27.5 Å². The number of likely N-dealkylation sites (N-methyl/N-ethyl adjacent to an activating group) is 2. The maximum Gasteiger partial charge on any atom is 0.257 e. The van der Waals surface area contributed by atoms with E-state index in [9.17, 15) is 18.0 Å². The number of nitrogens with zero attached hydrogens (tertiary/aromatic N) is 3. The van der Waals surface area contributed by atoms with Crippen molar-refractivity contribution in [1.29, 1.82) is 0 Å². The number of rotatable bonds is 6. The molecule has 0 fully saturated rings. The molecule has 3 atom stereocenters. The SMILES string of the molecule is CCS(=O)(=O)Nc1ccc2c(c1)C(=O)N(C)C[C@@H](OC)[C@@H](C)CN(C(=O)CN(C)C)[C@H](C)CO2. The van der Waals surface area contributed by atoms with Crippen LogP contribution in [0.4, 0.5) is 5.69 Å². The molecule has 1 aromatic rings. The quantitative estimate of drug-likeness (QED) is 0.631. The third-order valence-electron chi connectivity index (χ3n) is 5.87. The molecule has 1 aliphatic heterocycles. The molecule has 1 aliphatic rings. The lowest BCUT2D eigenvalue weighted by molar-refractivity contribution is -0.136. The van der Waals surface area contributed by atoms with Crippen LogP contribution < -0.4 is 9.46 Å². The average Bonchev–Trinajstić information content (AvgIpc) is 2.77. The Bertz CT molecular complexity index is 968. The van der Waals surface area contributed by atoms with Crippen LogP contribution in [0, 0.1) is 5.92 Å². The van der Waals surface area contributed by atoms with Gasteiger partial charge in [0.2, 0.25) is 15.9 Å². The molecule has 0 unspecified atom stereocenters. The van der Waals surface area contributed by atoms with Crippen LogP contribution in [-0.4, -0.2) is 107 Å². The highest BCUT2D eigenvalue weighted by Gasteiger charge is 2.30. The van der Waals surface area contributed by atoms with Crippen LogP contribution in [0.5, 0.6) is 5.75 Å². The number of carbonyl (C=O) groups excluding carboxylic acids is 2. The second-order valence-corrected chi connectivity index (χ2v) is 11.1. The summed E-state index contributed by atoms with van der Waals surface area (Å²) in [6, 6.07) is 4.36. The first kappa shape index (κ1) is 27.9. The summed E-state index contributed by atoms with van der Waals surface area (Å²) in [5.41, 5.74) is 0.519. The van der Waals surface area contributed by atoms with E-state index in [4.69, 9.17) is 9.47 Å². The molecular formula is C23H38N4O6S. The van der Waals surface area contributed by atoms with Gasteiger partial charge in [-0.15, -0.1) is 0 Å². The predicted molar refractivity (Wildman–Crippen MR) is 132 cm³/mol. The van der Waals surface area contributed by atoms with E-state index < -0.39 is 10.0 Å². The van der Waals surface area contributed by atoms with Gasteiger partial charge < -0.3 is 24.2 Å². The number of hydrogen-bond donors (Lipinski definition) is 1. The second kappa shape index (κ2) is 11.9. The fourth-order valence-corrected chi connectivity index (χ4v) is 4.43. The smallest absolute Gasteiger partial charge is 0.257 e. The third kappa shape index (κ3) is 7.31. The summed E-state index contributed by atoms with van der Waals surface area (Å²) in [6.45, 7) is 6.64. The van der Waals surface area contributed by atoms with Crippen molar-refractivity contribution in [2.75, 3.05) is 65.0 Å². The van der Waals surface area contributed by atoms with E-state index in [-0.39, 0.29) is 60.0 Å². The average molecular weight is 499 g/mol. The Morgan fingerprint density at radius 3 is 2.53 bits per heavy atom. The largest absolute Gasteiger partial charge is 0.491 e. The summed E-state index contributed by atoms with van der Waals surface area (Å²) in [7, 11) is 3.44. The molecule has 11 heteroatoms. The maximum absolute atomic E-state index is 13.3. The first-order valence-electron chi connectivity index (χ1n) is 11.4. The van der Waals surface area contributed by atoms with Gasteiger partial charge in [-0.1, -0.05) is 6.92 Å². The monoisotopic (exact) mass is 498 g/mol. The number of hydrogen-bond acceptors (Lipinski definition) is 7. The minimum absolute atomic E-state index is 0.0196. The Labute approximate surface area is 203 Å². The molecule has 1 N–H and O–H groups in total. The number of anilines is 1. The lowest BCUT2D eigenvalue weighted by Crippen LogP contribution is -2.50. The first-order chi connectivity index (χ1) is 15.9. The molecule has 0 bridgehead atoms. The van der Waals surface area contributed by atoms with Crippen LogP contribution in [0.25, 0.3) is 0 Å². The molecule has 0 aliphatic carbocycles. The zero-order chi connectivity index (χ0) is 25.6. The van der Waals surface area contributed by atoms with Crippen molar-refractivity contribution in [3.8, 4) is 5.75 Å². The Morgan fingerprint density at radius 2 is 1.94 bits per heavy atom. The first-order valence-corrected chi connectivity index (χ1v) is 13.0. The van der Waals surface area contributed by atoms with E-state index in [2.05, 4.69) is 4.72 Å². The molecule has 0 saturated carbocycles. The highest BCUT2D eigenvalue weighted by molar-refractivity contribution is 7.92. The predicted octanol–water partition coefficient (Wildman–Crippen LogP) is 1.34. The number of methoxy groups -OCH3 is 1. The van der Waals surface area contributed by atoms with Crippen LogP contribution in [0.15, 0.2) is 18.2 Å². The molecule has 0 aromatic heterocycles. The summed E-state index contributed by atoms with van der Waals surface area (Å²) in [5.74, 6) is -0.138. The lowest BCUT2D eigenvalue weighted by atomic mass is 10.0. The van der Waals surface area contributed by atoms with Gasteiger partial charge in [0.15, 0.2) is 0 Å². The standard InChI is InChI=1S/C23H38N4O6S/c1-8-34(30,31)24-18-9-10-20-19(11-18)23(29)26(6)13-21(32-7)16(2)12-27(17(3)15-33-20)22(28)14-25(4)5/h9-11,16-17,21,24H,8,12-15H2,1-7H3/t16-,17+,21+/m0/s1. The topological polar surface area (TPSA) is 108 Å². The van der Waals surface area contributed by atoms with Gasteiger partial charge in [-0.3, -0.25) is 14.3 Å². The van der Waals surface area contributed by atoms with Gasteiger partial charge in [-0.05, 0) is 46.1 Å². The van der Waals surface area contributed by atoms with E-state index in [0.29, 0.717) is 18.8 Å². The molecule has 2 rings (SSSR count). The summed E-state index contributed by atoms with van der Waals surface area (Å²) in [6.07, 6.45) is -0.304. The zero-order valence-corrected chi connectivity index (χ0v) is 22.0. The number of carbonyl (C=O) groups is 2. The van der Waals surface area contributed by atoms with Crippen molar-refractivity contribution in [2.24, 2.45) is 5.92 Å². The Morgan fingerprint density at radius 1 is 1.26 bits per heavy atom. The van der Waals surface area contributed by atoms with Gasteiger partial charge >= 0.3 is 0 Å². The number of fused-ring (bicyclic) bond motifs is 1. The molecule has 1 aromatic carbocycles. The van der Waals surface area contributed by atoms with E-state index in [1.807, 2.05) is 32.8 Å². The van der Waals surface area contributed by atoms with E-state index in [1.165, 1.54) is 17.9 Å². The van der Waals surface area contributed by atoms with Crippen molar-refractivity contribution >= 4 is 27.5 Å². The summed E-state index contributed by atoms with van der Waals surface area (Å²) in [5, 5.41) is 0. The van der Waals surface area contributed by atoms with Crippen LogP contribution in [0.3, 0.4) is 0 Å². The van der Waals surface area contributed by atoms with Crippen molar-refractivity contribution in [3.63, 3.8) is 0 Å². The van der Waals surface area contributed by atoms with E-state index in [1.54, 1.807) is 31.2 Å². The van der Waals surface area contributed by atoms with Gasteiger partial charge in [0.05, 0.1) is 30.0 Å². The summed E-state index contributed by atoms with van der Waals surface area (Å²) < 4.78 is 38.3. The number of benzene rings is 1. The van der Waals surface area contributed by atoms with Gasteiger partial charge in [0.25, 0.3) is 5.91 Å². The van der Waals surface area contributed by atoms with Gasteiger partial charge in [0, 0.05) is 38.9 Å². The van der Waals surface area contributed by atoms with Crippen molar-refractivity contribution in [2.45, 2.75) is 32.9 Å². The number of sulfonamides is 1. The Balaban J connectivity index is 2.47. The Kier molecular flexibility index (Phi) is 9.72. The van der Waals surface area contributed by atoms with Crippen LogP contribution >= 0.6 is 0 Å². The zero-order valence-electron chi connectivity index (χ0n) is 21.2. The summed E-state index contributed by atoms with van der Waals surface area (Å²) in [4.78, 5) is 31.5. The van der Waals surface area contributed by atoms with E-state index >= 15 is 0 Å². The number of ether oxygens (including phenoxy) is 2. The minimum Gasteiger partial charge on any atom is -0.491 e. The van der Waals surface area contributed by atoms with Crippen LogP contribution in [-0.2, 0) is 19.6 Å². The molecule has 1 heterocycles. The van der Waals surface area contributed by atoms with Crippen LogP contribution in [0.2, 0.25) is 0 Å². The number of amides is 2. The molecule has 192 valence electrons. The molecular weight excluding hydrogens is 460 g/mol. The van der Waals surface area contributed by atoms with Gasteiger partial charge in [-0.2, -0.15) is 0 Å². The molecule has 0 saturated heterocycles. The highest BCUT2D eigenvalue weighted by atomic mass is 32.2. The third-order valence-corrected chi connectivity index (χ3v) is 7.18. The fourth-order valence-electron chi connectivity index (χ4n) is 3.80. The molecule has 0 spiro atoms. The Hall–Kier alpha value is -2.37. The summed E-state index contributed by atoms with van der Waals surface area (Å²) >= 11 is 0. The number of nitrogens with one attached hydrogen (secondary N) is 1. The minimum atomic E-state index is -3.51.